The van der Waals surface area contributed by atoms with Gasteiger partial charge in [-0.3, -0.25) is 0 Å². The van der Waals surface area contributed by atoms with Crippen molar-refractivity contribution in [1.29, 1.82) is 0 Å². The van der Waals surface area contributed by atoms with Crippen LogP contribution in [0.25, 0.3) is 6.08 Å². The van der Waals surface area contributed by atoms with Gasteiger partial charge in [-0.1, -0.05) is 30.3 Å². The van der Waals surface area contributed by atoms with E-state index in [0.29, 0.717) is 0 Å². The van der Waals surface area contributed by atoms with Gasteiger partial charge < -0.3 is 0 Å². The Morgan fingerprint density at radius 3 is 2.69 bits per heavy atom. The lowest BCUT2D eigenvalue weighted by Crippen LogP contribution is -1.65. The molecule has 0 aliphatic carbocycles. The molecule has 0 spiro atoms. The normalized spacial score (nSPS) is 10.9. The Hall–Kier alpha value is -1.14. The topological polar surface area (TPSA) is 29.4 Å². The summed E-state index contributed by atoms with van der Waals surface area (Å²) in [5, 5.41) is 2.08. The Labute approximate surface area is 82.9 Å². The van der Waals surface area contributed by atoms with Crippen molar-refractivity contribution in [2.24, 2.45) is 4.76 Å². The van der Waals surface area contributed by atoms with Gasteiger partial charge in [0.15, 0.2) is 5.82 Å². The summed E-state index contributed by atoms with van der Waals surface area (Å²) >= 11 is 4.32. The fourth-order valence-electron chi connectivity index (χ4n) is 0.788. The Balaban J connectivity index is 2.69. The van der Waals surface area contributed by atoms with Gasteiger partial charge in [0, 0.05) is 4.76 Å². The monoisotopic (exact) mass is 208 g/mol. The highest BCUT2D eigenvalue weighted by Crippen LogP contribution is 2.23. The van der Waals surface area contributed by atoms with Crippen molar-refractivity contribution in [2.45, 2.75) is 0 Å². The van der Waals surface area contributed by atoms with E-state index >= 15 is 0 Å². The van der Waals surface area contributed by atoms with E-state index in [-0.39, 0.29) is 0 Å². The molecule has 64 valence electrons. The first kappa shape index (κ1) is 9.94. The maximum Gasteiger partial charge on any atom is 0.526 e. The number of hydrogen-bond donors (Lipinski definition) is 0. The fourth-order valence-corrected chi connectivity index (χ4v) is 1.48. The average Bonchev–Trinajstić information content (AvgIpc) is 2.17. The summed E-state index contributed by atoms with van der Waals surface area (Å²) in [7, 11) is -1.73. The third kappa shape index (κ3) is 3.86. The molecule has 0 heterocycles. The molecule has 0 radical (unpaired) electrons. The molecular formula is C9H7NOPS+. The van der Waals surface area contributed by atoms with Crippen molar-refractivity contribution in [3.05, 3.63) is 41.7 Å². The third-order valence-corrected chi connectivity index (χ3v) is 2.26. The van der Waals surface area contributed by atoms with Crippen LogP contribution in [0.5, 0.6) is 0 Å². The summed E-state index contributed by atoms with van der Waals surface area (Å²) < 4.78 is 14.4. The molecule has 0 amide bonds. The summed E-state index contributed by atoms with van der Waals surface area (Å²) in [5.74, 6) is 1.50. The Morgan fingerprint density at radius 2 is 2.08 bits per heavy atom. The molecule has 0 bridgehead atoms. The standard InChI is InChI=1S/C9H7NOPS/c11-12(10-8-13)7-6-9-4-2-1-3-5-9/h1-7H/q+1. The zero-order valence-electron chi connectivity index (χ0n) is 6.75. The Morgan fingerprint density at radius 1 is 1.38 bits per heavy atom. The molecule has 0 aromatic heterocycles. The molecule has 0 N–H and O–H groups in total. The molecule has 0 saturated carbocycles. The van der Waals surface area contributed by atoms with Gasteiger partial charge in [-0.2, -0.15) is 0 Å². The number of isothiocyanates is 1. The molecule has 1 rings (SSSR count). The van der Waals surface area contributed by atoms with E-state index in [1.165, 1.54) is 5.82 Å². The van der Waals surface area contributed by atoms with Gasteiger partial charge in [0.05, 0.1) is 0 Å². The van der Waals surface area contributed by atoms with E-state index in [2.05, 4.69) is 22.1 Å². The number of rotatable bonds is 3. The number of nitrogens with zero attached hydrogens (tertiary/aromatic N) is 1. The summed E-state index contributed by atoms with van der Waals surface area (Å²) in [6, 6.07) is 9.58. The predicted molar refractivity (Wildman–Crippen MR) is 58.1 cm³/mol. The predicted octanol–water partition coefficient (Wildman–Crippen LogP) is 3.50. The van der Waals surface area contributed by atoms with Crippen molar-refractivity contribution in [2.75, 3.05) is 0 Å². The largest absolute Gasteiger partial charge is 0.526 e. The van der Waals surface area contributed by atoms with Crippen LogP contribution in [0.15, 0.2) is 40.9 Å². The quantitative estimate of drug-likeness (QED) is 0.432. The smallest absolute Gasteiger partial charge is 0.0622 e. The van der Waals surface area contributed by atoms with Gasteiger partial charge in [0.2, 0.25) is 0 Å². The molecule has 0 fully saturated rings. The third-order valence-electron chi connectivity index (χ3n) is 1.33. The molecule has 13 heavy (non-hydrogen) atoms. The van der Waals surface area contributed by atoms with Crippen LogP contribution in [0.2, 0.25) is 0 Å². The second-order valence-electron chi connectivity index (χ2n) is 2.22. The molecule has 1 aromatic carbocycles. The van der Waals surface area contributed by atoms with Gasteiger partial charge in [-0.15, -0.1) is 0 Å². The van der Waals surface area contributed by atoms with Crippen LogP contribution in [-0.4, -0.2) is 5.16 Å². The maximum absolute atomic E-state index is 11.0. The molecule has 0 aliphatic heterocycles. The van der Waals surface area contributed by atoms with E-state index in [4.69, 9.17) is 0 Å². The van der Waals surface area contributed by atoms with Crippen LogP contribution in [0.4, 0.5) is 0 Å². The molecule has 1 unspecified atom stereocenters. The van der Waals surface area contributed by atoms with Gasteiger partial charge in [0.25, 0.3) is 0 Å². The van der Waals surface area contributed by atoms with Crippen LogP contribution >= 0.6 is 20.2 Å². The molecule has 2 nitrogen and oxygen atoms in total. The lowest BCUT2D eigenvalue weighted by molar-refractivity contribution is 0.594. The first-order valence-corrected chi connectivity index (χ1v) is 5.29. The van der Waals surface area contributed by atoms with Crippen molar-refractivity contribution >= 4 is 31.4 Å². The van der Waals surface area contributed by atoms with Crippen molar-refractivity contribution in [1.82, 2.24) is 0 Å². The van der Waals surface area contributed by atoms with Gasteiger partial charge in [-0.25, -0.2) is 0 Å². The first-order valence-electron chi connectivity index (χ1n) is 3.60. The minimum Gasteiger partial charge on any atom is -0.0622 e. The van der Waals surface area contributed by atoms with Crippen LogP contribution in [0.3, 0.4) is 0 Å². The lowest BCUT2D eigenvalue weighted by Gasteiger charge is -1.85. The van der Waals surface area contributed by atoms with Crippen molar-refractivity contribution in [3.63, 3.8) is 0 Å². The maximum atomic E-state index is 11.0. The minimum absolute atomic E-state index is 0.991. The zero-order chi connectivity index (χ0) is 9.52. The van der Waals surface area contributed by atoms with Crippen LogP contribution in [-0.2, 0) is 4.57 Å². The fraction of sp³-hybridized carbons (Fsp3) is 0. The highest BCUT2D eigenvalue weighted by atomic mass is 32.1. The van der Waals surface area contributed by atoms with Crippen LogP contribution in [0, 0.1) is 0 Å². The van der Waals surface area contributed by atoms with E-state index in [1.807, 2.05) is 30.3 Å². The number of benzene rings is 1. The number of thiocarbonyl (C=S) groups is 1. The van der Waals surface area contributed by atoms with Gasteiger partial charge in [-0.05, 0) is 28.4 Å². The lowest BCUT2D eigenvalue weighted by atomic mass is 10.2. The Kier molecular flexibility index (Phi) is 4.20. The Bertz CT molecular complexity index is 368. The molecule has 1 atom stereocenters. The highest BCUT2D eigenvalue weighted by molar-refractivity contribution is 7.78. The summed E-state index contributed by atoms with van der Waals surface area (Å²) in [5.41, 5.74) is 0.991. The molecule has 4 heteroatoms. The van der Waals surface area contributed by atoms with Crippen LogP contribution in [0.1, 0.15) is 5.56 Å². The summed E-state index contributed by atoms with van der Waals surface area (Å²) in [6.45, 7) is 0. The zero-order valence-corrected chi connectivity index (χ0v) is 8.46. The number of hydrogen-bond acceptors (Lipinski definition) is 2. The van der Waals surface area contributed by atoms with Gasteiger partial charge in [0.1, 0.15) is 5.16 Å². The van der Waals surface area contributed by atoms with Gasteiger partial charge >= 0.3 is 7.95 Å². The van der Waals surface area contributed by atoms with E-state index in [9.17, 15) is 4.57 Å². The van der Waals surface area contributed by atoms with E-state index < -0.39 is 7.95 Å². The molecular weight excluding hydrogens is 201 g/mol. The van der Waals surface area contributed by atoms with Crippen LogP contribution < -0.4 is 0 Å². The van der Waals surface area contributed by atoms with Crippen molar-refractivity contribution < 1.29 is 4.57 Å². The SMILES string of the molecule is O=[P+](C=Cc1ccccc1)N=C=S. The summed E-state index contributed by atoms with van der Waals surface area (Å²) in [4.78, 5) is 0. The molecule has 0 saturated heterocycles. The first-order chi connectivity index (χ1) is 6.33. The van der Waals surface area contributed by atoms with E-state index in [1.54, 1.807) is 6.08 Å². The highest BCUT2D eigenvalue weighted by Gasteiger charge is 2.04. The average molecular weight is 208 g/mol. The minimum atomic E-state index is -1.73. The second-order valence-corrected chi connectivity index (χ2v) is 3.51. The molecule has 1 aromatic rings. The summed E-state index contributed by atoms with van der Waals surface area (Å²) in [6.07, 6.45) is 1.74. The second kappa shape index (κ2) is 5.50. The molecule has 0 aliphatic rings. The van der Waals surface area contributed by atoms with Crippen molar-refractivity contribution in [3.8, 4) is 0 Å². The van der Waals surface area contributed by atoms with E-state index in [0.717, 1.165) is 5.56 Å².